The highest BCUT2D eigenvalue weighted by molar-refractivity contribution is 5.78. The maximum absolute atomic E-state index is 13.9. The zero-order valence-electron chi connectivity index (χ0n) is 15.9. The van der Waals surface area contributed by atoms with Crippen LogP contribution in [0.1, 0.15) is 28.4 Å². The lowest BCUT2D eigenvalue weighted by Gasteiger charge is -2.20. The van der Waals surface area contributed by atoms with Gasteiger partial charge in [0.15, 0.2) is 11.6 Å². The van der Waals surface area contributed by atoms with E-state index < -0.39 is 23.6 Å². The number of nitrogens with one attached hydrogen (secondary N) is 1. The highest BCUT2D eigenvalue weighted by atomic mass is 19.1. The highest BCUT2D eigenvalue weighted by Gasteiger charge is 2.24. The fourth-order valence-electron chi connectivity index (χ4n) is 3.20. The van der Waals surface area contributed by atoms with E-state index in [1.807, 2.05) is 32.0 Å². The summed E-state index contributed by atoms with van der Waals surface area (Å²) in [4.78, 5) is 12.3. The van der Waals surface area contributed by atoms with Gasteiger partial charge in [0.1, 0.15) is 11.7 Å². The Hall–Kier alpha value is -3.06. The Morgan fingerprint density at radius 3 is 2.32 bits per heavy atom. The number of para-hydroxylation sites is 1. The molecule has 1 atom stereocenters. The first kappa shape index (κ1) is 19.7. The Labute approximate surface area is 161 Å². The van der Waals surface area contributed by atoms with Crippen LogP contribution in [0.2, 0.25) is 0 Å². The smallest absolute Gasteiger partial charge is 0.327 e. The molecule has 0 radical (unpaired) electrons. The van der Waals surface area contributed by atoms with Crippen molar-refractivity contribution in [3.8, 4) is 5.69 Å². The predicted octanol–water partition coefficient (Wildman–Crippen LogP) is 3.77. The third-order valence-electron chi connectivity index (χ3n) is 4.57. The molecule has 1 aromatic heterocycles. The minimum atomic E-state index is -0.703. The van der Waals surface area contributed by atoms with Crippen LogP contribution in [-0.4, -0.2) is 22.9 Å². The molecule has 7 heteroatoms. The molecule has 146 valence electrons. The standard InChI is InChI=1S/C21H21F2N3O2/c1-13-6-4-7-14(2)18(13)19(21(27)28-3)24-12-15-10-11-26(25-15)20-16(22)8-5-9-17(20)23/h4-11,19,24H,12H2,1-3H3/t19-/m1/s1. The molecule has 3 aromatic rings. The van der Waals surface area contributed by atoms with Crippen LogP contribution in [0, 0.1) is 25.5 Å². The molecule has 28 heavy (non-hydrogen) atoms. The first-order valence-corrected chi connectivity index (χ1v) is 8.78. The van der Waals surface area contributed by atoms with E-state index in [0.717, 1.165) is 21.4 Å². The molecule has 0 aliphatic carbocycles. The molecule has 0 saturated heterocycles. The number of nitrogens with zero attached hydrogens (tertiary/aromatic N) is 2. The first-order valence-electron chi connectivity index (χ1n) is 8.78. The number of esters is 1. The summed E-state index contributed by atoms with van der Waals surface area (Å²) in [5.41, 5.74) is 3.05. The van der Waals surface area contributed by atoms with Crippen LogP contribution in [0.4, 0.5) is 8.78 Å². The fraction of sp³-hybridized carbons (Fsp3) is 0.238. The minimum Gasteiger partial charge on any atom is -0.468 e. The van der Waals surface area contributed by atoms with Gasteiger partial charge in [-0.3, -0.25) is 5.32 Å². The van der Waals surface area contributed by atoms with E-state index in [1.165, 1.54) is 31.5 Å². The van der Waals surface area contributed by atoms with Crippen LogP contribution < -0.4 is 5.32 Å². The number of hydrogen-bond acceptors (Lipinski definition) is 4. The number of carbonyl (C=O) groups excluding carboxylic acids is 1. The van der Waals surface area contributed by atoms with E-state index in [4.69, 9.17) is 4.74 Å². The third-order valence-corrected chi connectivity index (χ3v) is 4.57. The molecule has 0 bridgehead atoms. The molecule has 5 nitrogen and oxygen atoms in total. The summed E-state index contributed by atoms with van der Waals surface area (Å²) in [5, 5.41) is 7.36. The quantitative estimate of drug-likeness (QED) is 0.657. The minimum absolute atomic E-state index is 0.219. The maximum atomic E-state index is 13.9. The second kappa shape index (κ2) is 8.31. The van der Waals surface area contributed by atoms with E-state index in [9.17, 15) is 13.6 Å². The SMILES string of the molecule is COC(=O)[C@H](NCc1ccn(-c2c(F)cccc2F)n1)c1c(C)cccc1C. The number of methoxy groups -OCH3 is 1. The van der Waals surface area contributed by atoms with Gasteiger partial charge in [-0.15, -0.1) is 0 Å². The molecule has 3 rings (SSSR count). The number of aryl methyl sites for hydroxylation is 2. The van der Waals surface area contributed by atoms with Crippen molar-refractivity contribution >= 4 is 5.97 Å². The topological polar surface area (TPSA) is 56.1 Å². The summed E-state index contributed by atoms with van der Waals surface area (Å²) in [6.07, 6.45) is 1.48. The number of halogens is 2. The zero-order valence-corrected chi connectivity index (χ0v) is 15.9. The highest BCUT2D eigenvalue weighted by Crippen LogP contribution is 2.24. The van der Waals surface area contributed by atoms with Crippen LogP contribution in [0.25, 0.3) is 5.69 Å². The fourth-order valence-corrected chi connectivity index (χ4v) is 3.20. The normalized spacial score (nSPS) is 12.0. The van der Waals surface area contributed by atoms with Gasteiger partial charge in [0.25, 0.3) is 0 Å². The average Bonchev–Trinajstić information content (AvgIpc) is 3.12. The van der Waals surface area contributed by atoms with Crippen molar-refractivity contribution in [1.82, 2.24) is 15.1 Å². The zero-order chi connectivity index (χ0) is 20.3. The van der Waals surface area contributed by atoms with E-state index in [1.54, 1.807) is 6.07 Å². The molecule has 0 spiro atoms. The van der Waals surface area contributed by atoms with Crippen LogP contribution in [0.15, 0.2) is 48.7 Å². The molecule has 2 aromatic carbocycles. The van der Waals surface area contributed by atoms with E-state index >= 15 is 0 Å². The Balaban J connectivity index is 1.84. The summed E-state index contributed by atoms with van der Waals surface area (Å²) in [6.45, 7) is 4.07. The monoisotopic (exact) mass is 385 g/mol. The van der Waals surface area contributed by atoms with Crippen molar-refractivity contribution in [3.63, 3.8) is 0 Å². The van der Waals surface area contributed by atoms with Crippen LogP contribution in [-0.2, 0) is 16.1 Å². The van der Waals surface area contributed by atoms with Crippen molar-refractivity contribution in [2.45, 2.75) is 26.4 Å². The van der Waals surface area contributed by atoms with E-state index in [-0.39, 0.29) is 12.2 Å². The van der Waals surface area contributed by atoms with E-state index in [0.29, 0.717) is 5.69 Å². The van der Waals surface area contributed by atoms with Crippen LogP contribution >= 0.6 is 0 Å². The van der Waals surface area contributed by atoms with Gasteiger partial charge < -0.3 is 4.74 Å². The van der Waals surface area contributed by atoms with Gasteiger partial charge in [-0.1, -0.05) is 24.3 Å². The van der Waals surface area contributed by atoms with Crippen molar-refractivity contribution in [1.29, 1.82) is 0 Å². The second-order valence-corrected chi connectivity index (χ2v) is 6.46. The molecule has 0 amide bonds. The van der Waals surface area contributed by atoms with Crippen LogP contribution in [0.5, 0.6) is 0 Å². The Morgan fingerprint density at radius 2 is 1.71 bits per heavy atom. The summed E-state index contributed by atoms with van der Waals surface area (Å²) in [7, 11) is 1.33. The van der Waals surface area contributed by atoms with Crippen molar-refractivity contribution in [3.05, 3.63) is 82.7 Å². The summed E-state index contributed by atoms with van der Waals surface area (Å²) in [5.74, 6) is -1.83. The van der Waals surface area contributed by atoms with E-state index in [2.05, 4.69) is 10.4 Å². The molecule has 0 saturated carbocycles. The summed E-state index contributed by atoms with van der Waals surface area (Å²) >= 11 is 0. The Morgan fingerprint density at radius 1 is 1.11 bits per heavy atom. The number of aromatic nitrogens is 2. The average molecular weight is 385 g/mol. The Kier molecular flexibility index (Phi) is 5.84. The van der Waals surface area contributed by atoms with Crippen molar-refractivity contribution < 1.29 is 18.3 Å². The summed E-state index contributed by atoms with van der Waals surface area (Å²) in [6, 6.07) is 10.4. The molecule has 0 fully saturated rings. The lowest BCUT2D eigenvalue weighted by Crippen LogP contribution is -2.30. The molecular weight excluding hydrogens is 364 g/mol. The number of rotatable bonds is 6. The predicted molar refractivity (Wildman–Crippen MR) is 101 cm³/mol. The second-order valence-electron chi connectivity index (χ2n) is 6.46. The summed E-state index contributed by atoms with van der Waals surface area (Å²) < 4.78 is 34.0. The van der Waals surface area contributed by atoms with Gasteiger partial charge >= 0.3 is 5.97 Å². The largest absolute Gasteiger partial charge is 0.468 e. The molecule has 0 unspecified atom stereocenters. The lowest BCUT2D eigenvalue weighted by molar-refractivity contribution is -0.143. The molecule has 1 N–H and O–H groups in total. The maximum Gasteiger partial charge on any atom is 0.327 e. The van der Waals surface area contributed by atoms with Gasteiger partial charge in [0.2, 0.25) is 0 Å². The van der Waals surface area contributed by atoms with Crippen LogP contribution in [0.3, 0.4) is 0 Å². The number of hydrogen-bond donors (Lipinski definition) is 1. The third kappa shape index (κ3) is 3.94. The first-order chi connectivity index (χ1) is 13.4. The lowest BCUT2D eigenvalue weighted by atomic mass is 9.96. The number of carbonyl (C=O) groups is 1. The number of benzene rings is 2. The van der Waals surface area contributed by atoms with Gasteiger partial charge in [-0.25, -0.2) is 18.3 Å². The molecule has 1 heterocycles. The number of ether oxygens (including phenoxy) is 1. The van der Waals surface area contributed by atoms with Crippen molar-refractivity contribution in [2.75, 3.05) is 7.11 Å². The molecule has 0 aliphatic rings. The van der Waals surface area contributed by atoms with Gasteiger partial charge in [0.05, 0.1) is 12.8 Å². The van der Waals surface area contributed by atoms with Crippen molar-refractivity contribution in [2.24, 2.45) is 0 Å². The Bertz CT molecular complexity index is 961. The van der Waals surface area contributed by atoms with Gasteiger partial charge in [-0.2, -0.15) is 5.10 Å². The van der Waals surface area contributed by atoms with Gasteiger partial charge in [-0.05, 0) is 48.7 Å². The molecule has 0 aliphatic heterocycles. The molecular formula is C21H21F2N3O2. The van der Waals surface area contributed by atoms with Gasteiger partial charge in [0, 0.05) is 12.7 Å².